The van der Waals surface area contributed by atoms with Gasteiger partial charge in [-0.3, -0.25) is 9.59 Å². The van der Waals surface area contributed by atoms with Crippen molar-refractivity contribution in [3.8, 4) is 5.75 Å². The van der Waals surface area contributed by atoms with Gasteiger partial charge < -0.3 is 4.74 Å². The number of hydrogen-bond donors (Lipinski definition) is 1. The number of aryl methyl sites for hydroxylation is 2. The second kappa shape index (κ2) is 8.57. The number of imide groups is 1. The minimum Gasteiger partial charge on any atom is -0.495 e. The third-order valence-electron chi connectivity index (χ3n) is 5.26. The molecule has 2 aromatic carbocycles. The van der Waals surface area contributed by atoms with Crippen LogP contribution in [-0.4, -0.2) is 27.3 Å². The van der Waals surface area contributed by atoms with Gasteiger partial charge >= 0.3 is 0 Å². The Labute approximate surface area is 177 Å². The highest BCUT2D eigenvalue weighted by atomic mass is 32.2. The normalized spacial score (nSPS) is 15.5. The van der Waals surface area contributed by atoms with Crippen LogP contribution in [0.1, 0.15) is 48.9 Å². The highest BCUT2D eigenvalue weighted by Crippen LogP contribution is 2.35. The molecule has 2 amide bonds. The fourth-order valence-electron chi connectivity index (χ4n) is 3.70. The van der Waals surface area contributed by atoms with Gasteiger partial charge in [-0.25, -0.2) is 18.0 Å². The van der Waals surface area contributed by atoms with Gasteiger partial charge in [-0.2, -0.15) is 0 Å². The van der Waals surface area contributed by atoms with Gasteiger partial charge in [-0.05, 0) is 49.6 Å². The molecular weight excluding hydrogens is 404 g/mol. The lowest BCUT2D eigenvalue weighted by Gasteiger charge is -2.22. The van der Waals surface area contributed by atoms with Gasteiger partial charge in [-0.1, -0.05) is 30.7 Å². The second-order valence-electron chi connectivity index (χ2n) is 7.40. The van der Waals surface area contributed by atoms with Crippen molar-refractivity contribution in [1.82, 2.24) is 4.72 Å². The summed E-state index contributed by atoms with van der Waals surface area (Å²) >= 11 is 0. The van der Waals surface area contributed by atoms with Crippen molar-refractivity contribution in [3.63, 3.8) is 0 Å². The highest BCUT2D eigenvalue weighted by Gasteiger charge is 2.33. The zero-order chi connectivity index (χ0) is 22.1. The number of nitrogens with one attached hydrogen (secondary N) is 1. The maximum Gasteiger partial charge on any atom is 0.241 e. The number of sulfonamides is 1. The molecule has 1 aliphatic rings. The van der Waals surface area contributed by atoms with E-state index in [4.69, 9.17) is 4.74 Å². The van der Waals surface area contributed by atoms with Gasteiger partial charge in [0.25, 0.3) is 0 Å². The molecule has 1 aliphatic heterocycles. The van der Waals surface area contributed by atoms with E-state index in [2.05, 4.69) is 4.72 Å². The Morgan fingerprint density at radius 3 is 2.30 bits per heavy atom. The Morgan fingerprint density at radius 2 is 1.73 bits per heavy atom. The number of carbonyl (C=O) groups is 2. The smallest absolute Gasteiger partial charge is 0.241 e. The molecule has 30 heavy (non-hydrogen) atoms. The topological polar surface area (TPSA) is 92.8 Å². The summed E-state index contributed by atoms with van der Waals surface area (Å²) in [7, 11) is -2.51. The Hall–Kier alpha value is -2.71. The fourth-order valence-corrected chi connectivity index (χ4v) is 5.01. The summed E-state index contributed by atoms with van der Waals surface area (Å²) in [5.41, 5.74) is 3.17. The lowest BCUT2D eigenvalue weighted by atomic mass is 9.98. The summed E-state index contributed by atoms with van der Waals surface area (Å²) in [6.07, 6.45) is 0.763. The Kier molecular flexibility index (Phi) is 6.28. The number of anilines is 1. The number of amides is 2. The first kappa shape index (κ1) is 22.0. The molecule has 0 aliphatic carbocycles. The molecule has 1 N–H and O–H groups in total. The van der Waals surface area contributed by atoms with Crippen LogP contribution in [0.4, 0.5) is 5.69 Å². The van der Waals surface area contributed by atoms with Crippen molar-refractivity contribution < 1.29 is 22.7 Å². The second-order valence-corrected chi connectivity index (χ2v) is 9.11. The van der Waals surface area contributed by atoms with Gasteiger partial charge in [0.05, 0.1) is 17.7 Å². The van der Waals surface area contributed by atoms with Crippen LogP contribution in [0.25, 0.3) is 0 Å². The summed E-state index contributed by atoms with van der Waals surface area (Å²) in [4.78, 5) is 25.3. The predicted molar refractivity (Wildman–Crippen MR) is 114 cm³/mol. The van der Waals surface area contributed by atoms with E-state index >= 15 is 0 Å². The molecule has 3 rings (SSSR count). The van der Waals surface area contributed by atoms with Crippen molar-refractivity contribution >= 4 is 27.5 Å². The molecule has 1 fully saturated rings. The number of ether oxygens (including phenoxy) is 1. The molecule has 1 atom stereocenters. The summed E-state index contributed by atoms with van der Waals surface area (Å²) in [5, 5.41) is 0. The molecule has 8 heteroatoms. The zero-order valence-corrected chi connectivity index (χ0v) is 18.4. The number of rotatable bonds is 7. The van der Waals surface area contributed by atoms with E-state index in [1.807, 2.05) is 39.0 Å². The van der Waals surface area contributed by atoms with E-state index < -0.39 is 16.1 Å². The van der Waals surface area contributed by atoms with Gasteiger partial charge in [0.1, 0.15) is 5.75 Å². The van der Waals surface area contributed by atoms with Gasteiger partial charge in [-0.15, -0.1) is 0 Å². The maximum atomic E-state index is 13.1. The van der Waals surface area contributed by atoms with Crippen LogP contribution in [0, 0.1) is 13.8 Å². The van der Waals surface area contributed by atoms with Crippen molar-refractivity contribution in [2.75, 3.05) is 12.0 Å². The Morgan fingerprint density at radius 1 is 1.07 bits per heavy atom. The lowest BCUT2D eigenvalue weighted by molar-refractivity contribution is -0.121. The molecular formula is C22H26N2O5S. The zero-order valence-electron chi connectivity index (χ0n) is 17.6. The molecule has 0 bridgehead atoms. The van der Waals surface area contributed by atoms with Gasteiger partial charge in [0.15, 0.2) is 0 Å². The monoisotopic (exact) mass is 430 g/mol. The Bertz CT molecular complexity index is 1080. The molecule has 0 aromatic heterocycles. The minimum atomic E-state index is -3.91. The third kappa shape index (κ3) is 4.24. The van der Waals surface area contributed by atoms with Crippen LogP contribution in [0.2, 0.25) is 0 Å². The lowest BCUT2D eigenvalue weighted by Crippen LogP contribution is -2.31. The summed E-state index contributed by atoms with van der Waals surface area (Å²) < 4.78 is 34.3. The molecule has 0 spiro atoms. The average molecular weight is 431 g/mol. The number of carbonyl (C=O) groups excluding carboxylic acids is 2. The SMILES string of the molecule is CCC(NS(=O)(=O)c1ccc(OC)c(N2C(=O)CCC2=O)c1)c1ccc(C)cc1C. The molecule has 2 aromatic rings. The number of hydrogen-bond acceptors (Lipinski definition) is 5. The fraction of sp³-hybridized carbons (Fsp3) is 0.364. The molecule has 1 unspecified atom stereocenters. The van der Waals surface area contributed by atoms with E-state index in [1.54, 1.807) is 0 Å². The minimum absolute atomic E-state index is 0.0333. The average Bonchev–Trinajstić information content (AvgIpc) is 3.04. The molecule has 1 heterocycles. The standard InChI is InChI=1S/C22H26N2O5S/c1-5-18(17-8-6-14(2)12-15(17)3)23-30(27,28)16-7-9-20(29-4)19(13-16)24-21(25)10-11-22(24)26/h6-9,12-13,18,23H,5,10-11H2,1-4H3. The van der Waals surface area contributed by atoms with E-state index in [0.29, 0.717) is 6.42 Å². The number of benzene rings is 2. The molecule has 7 nitrogen and oxygen atoms in total. The predicted octanol–water partition coefficient (Wildman–Crippen LogP) is 3.40. The van der Waals surface area contributed by atoms with Crippen LogP contribution in [0.3, 0.4) is 0 Å². The first-order valence-electron chi connectivity index (χ1n) is 9.81. The first-order chi connectivity index (χ1) is 14.2. The number of nitrogens with zero attached hydrogens (tertiary/aromatic N) is 1. The van der Waals surface area contributed by atoms with Crippen LogP contribution < -0.4 is 14.4 Å². The molecule has 0 saturated carbocycles. The summed E-state index contributed by atoms with van der Waals surface area (Å²) in [5.74, 6) is -0.482. The highest BCUT2D eigenvalue weighted by molar-refractivity contribution is 7.89. The van der Waals surface area contributed by atoms with Crippen LogP contribution in [0.15, 0.2) is 41.3 Å². The number of methoxy groups -OCH3 is 1. The van der Waals surface area contributed by atoms with E-state index in [-0.39, 0.29) is 41.0 Å². The summed E-state index contributed by atoms with van der Waals surface area (Å²) in [6, 6.07) is 9.68. The first-order valence-corrected chi connectivity index (χ1v) is 11.3. The van der Waals surface area contributed by atoms with E-state index in [9.17, 15) is 18.0 Å². The molecule has 0 radical (unpaired) electrons. The Balaban J connectivity index is 1.98. The van der Waals surface area contributed by atoms with Crippen molar-refractivity contribution in [2.45, 2.75) is 51.0 Å². The van der Waals surface area contributed by atoms with Crippen LogP contribution in [0.5, 0.6) is 5.75 Å². The largest absolute Gasteiger partial charge is 0.495 e. The van der Waals surface area contributed by atoms with Crippen molar-refractivity contribution in [3.05, 3.63) is 53.1 Å². The van der Waals surface area contributed by atoms with Crippen LogP contribution in [-0.2, 0) is 19.6 Å². The van der Waals surface area contributed by atoms with Crippen molar-refractivity contribution in [2.24, 2.45) is 0 Å². The maximum absolute atomic E-state index is 13.1. The molecule has 160 valence electrons. The van der Waals surface area contributed by atoms with Crippen molar-refractivity contribution in [1.29, 1.82) is 0 Å². The third-order valence-corrected chi connectivity index (χ3v) is 6.73. The summed E-state index contributed by atoms with van der Waals surface area (Å²) in [6.45, 7) is 5.85. The molecule has 1 saturated heterocycles. The van der Waals surface area contributed by atoms with Gasteiger partial charge in [0, 0.05) is 18.9 Å². The van der Waals surface area contributed by atoms with Crippen LogP contribution >= 0.6 is 0 Å². The quantitative estimate of drug-likeness (QED) is 0.680. The van der Waals surface area contributed by atoms with E-state index in [0.717, 1.165) is 21.6 Å². The van der Waals surface area contributed by atoms with E-state index in [1.165, 1.54) is 25.3 Å². The van der Waals surface area contributed by atoms with Gasteiger partial charge in [0.2, 0.25) is 21.8 Å².